The first-order chi connectivity index (χ1) is 9.65. The van der Waals surface area contributed by atoms with E-state index in [4.69, 9.17) is 13.8 Å². The van der Waals surface area contributed by atoms with Crippen LogP contribution in [0.25, 0.3) is 0 Å². The molecule has 7 nitrogen and oxygen atoms in total. The van der Waals surface area contributed by atoms with Crippen molar-refractivity contribution in [2.45, 2.75) is 39.5 Å². The first-order valence-corrected chi connectivity index (χ1v) is 6.71. The number of aryl methyl sites for hydroxylation is 2. The van der Waals surface area contributed by atoms with Crippen LogP contribution in [0.3, 0.4) is 0 Å². The number of hydrogen-bond donors (Lipinski definition) is 0. The highest BCUT2D eigenvalue weighted by Crippen LogP contribution is 2.30. The molecule has 0 radical (unpaired) electrons. The van der Waals surface area contributed by atoms with Crippen molar-refractivity contribution in [1.29, 1.82) is 0 Å². The molecule has 0 spiro atoms. The third-order valence-corrected chi connectivity index (χ3v) is 3.62. The Bertz CT molecular complexity index is 580. The van der Waals surface area contributed by atoms with Crippen molar-refractivity contribution >= 4 is 0 Å². The smallest absolute Gasteiger partial charge is 0.246 e. The maximum atomic E-state index is 5.73. The lowest BCUT2D eigenvalue weighted by molar-refractivity contribution is -0.0764. The van der Waals surface area contributed by atoms with E-state index in [0.29, 0.717) is 18.3 Å². The van der Waals surface area contributed by atoms with Crippen LogP contribution in [0.2, 0.25) is 0 Å². The summed E-state index contributed by atoms with van der Waals surface area (Å²) in [5, 5.41) is 7.70. The van der Waals surface area contributed by atoms with Crippen molar-refractivity contribution in [3.8, 4) is 0 Å². The topological polar surface area (TPSA) is 77.4 Å². The number of ether oxygens (including phenoxy) is 1. The molecule has 20 heavy (non-hydrogen) atoms. The summed E-state index contributed by atoms with van der Waals surface area (Å²) in [6, 6.07) is -0.0424. The van der Waals surface area contributed by atoms with Crippen LogP contribution in [0.1, 0.15) is 36.0 Å². The fourth-order valence-corrected chi connectivity index (χ4v) is 2.54. The minimum absolute atomic E-state index is 0.00349. The van der Waals surface area contributed by atoms with Gasteiger partial charge in [0.25, 0.3) is 0 Å². The van der Waals surface area contributed by atoms with Crippen molar-refractivity contribution in [2.75, 3.05) is 13.2 Å². The van der Waals surface area contributed by atoms with Crippen LogP contribution in [0.4, 0.5) is 0 Å². The summed E-state index contributed by atoms with van der Waals surface area (Å²) < 4.78 is 16.2. The molecule has 1 saturated heterocycles. The number of nitrogens with zero attached hydrogens (tertiary/aromatic N) is 4. The summed E-state index contributed by atoms with van der Waals surface area (Å²) in [6.45, 7) is 7.98. The number of rotatable bonds is 3. The van der Waals surface area contributed by atoms with E-state index in [2.05, 4.69) is 20.2 Å². The van der Waals surface area contributed by atoms with Crippen molar-refractivity contribution in [3.05, 3.63) is 29.2 Å². The second-order valence-corrected chi connectivity index (χ2v) is 5.08. The van der Waals surface area contributed by atoms with Crippen LogP contribution >= 0.6 is 0 Å². The lowest BCUT2D eigenvalue weighted by Crippen LogP contribution is -2.43. The Labute approximate surface area is 116 Å². The van der Waals surface area contributed by atoms with Crippen LogP contribution < -0.4 is 0 Å². The molecule has 3 heterocycles. The quantitative estimate of drug-likeness (QED) is 0.844. The van der Waals surface area contributed by atoms with Crippen LogP contribution in [-0.4, -0.2) is 39.5 Å². The molecule has 0 bridgehead atoms. The molecule has 3 rings (SSSR count). The van der Waals surface area contributed by atoms with E-state index in [1.165, 1.54) is 0 Å². The van der Waals surface area contributed by atoms with E-state index in [0.717, 1.165) is 24.4 Å². The summed E-state index contributed by atoms with van der Waals surface area (Å²) in [5.74, 6) is 2.08. The van der Waals surface area contributed by atoms with Crippen molar-refractivity contribution in [1.82, 2.24) is 20.2 Å². The van der Waals surface area contributed by atoms with Gasteiger partial charge in [-0.2, -0.15) is 4.98 Å². The van der Waals surface area contributed by atoms with Gasteiger partial charge in [0.05, 0.1) is 18.9 Å². The van der Waals surface area contributed by atoms with Crippen LogP contribution in [0.5, 0.6) is 0 Å². The number of morpholine rings is 1. The lowest BCUT2D eigenvalue weighted by atomic mass is 10.1. The summed E-state index contributed by atoms with van der Waals surface area (Å²) >= 11 is 0. The molecule has 2 aromatic heterocycles. The Hall–Kier alpha value is -1.73. The second kappa shape index (κ2) is 5.34. The Morgan fingerprint density at radius 3 is 2.85 bits per heavy atom. The average Bonchev–Trinajstić information content (AvgIpc) is 3.00. The normalized spacial score (nSPS) is 24.1. The van der Waals surface area contributed by atoms with Crippen LogP contribution in [0.15, 0.2) is 15.2 Å². The molecule has 0 unspecified atom stereocenters. The Kier molecular flexibility index (Phi) is 3.54. The highest BCUT2D eigenvalue weighted by atomic mass is 16.5. The van der Waals surface area contributed by atoms with E-state index in [1.54, 1.807) is 6.20 Å². The molecule has 0 N–H and O–H groups in total. The maximum Gasteiger partial charge on any atom is 0.246 e. The molecule has 0 aromatic carbocycles. The van der Waals surface area contributed by atoms with Crippen LogP contribution in [-0.2, 0) is 11.3 Å². The van der Waals surface area contributed by atoms with E-state index >= 15 is 0 Å². The average molecular weight is 278 g/mol. The summed E-state index contributed by atoms with van der Waals surface area (Å²) in [6.07, 6.45) is 1.76. The molecular formula is C13H18N4O3. The predicted molar refractivity (Wildman–Crippen MR) is 68.8 cm³/mol. The zero-order valence-corrected chi connectivity index (χ0v) is 11.9. The summed E-state index contributed by atoms with van der Waals surface area (Å²) in [4.78, 5) is 6.61. The molecule has 1 aliphatic rings. The van der Waals surface area contributed by atoms with Gasteiger partial charge < -0.3 is 13.8 Å². The first-order valence-electron chi connectivity index (χ1n) is 6.71. The largest absolute Gasteiger partial charge is 0.375 e. The molecule has 2 atom stereocenters. The Morgan fingerprint density at radius 1 is 1.35 bits per heavy atom. The maximum absolute atomic E-state index is 5.73. The van der Waals surface area contributed by atoms with Gasteiger partial charge in [0, 0.05) is 18.7 Å². The molecule has 0 aliphatic carbocycles. The van der Waals surface area contributed by atoms with Gasteiger partial charge in [0.2, 0.25) is 5.89 Å². The fraction of sp³-hybridized carbons (Fsp3) is 0.615. The fourth-order valence-electron chi connectivity index (χ4n) is 2.54. The minimum Gasteiger partial charge on any atom is -0.375 e. The van der Waals surface area contributed by atoms with Gasteiger partial charge in [-0.3, -0.25) is 4.90 Å². The van der Waals surface area contributed by atoms with Crippen molar-refractivity contribution in [2.24, 2.45) is 0 Å². The predicted octanol–water partition coefficient (Wildman–Crippen LogP) is 1.64. The van der Waals surface area contributed by atoms with E-state index in [9.17, 15) is 0 Å². The molecule has 0 saturated carbocycles. The summed E-state index contributed by atoms with van der Waals surface area (Å²) in [7, 11) is 0. The standard InChI is InChI=1S/C13H18N4O3/c1-8-11(6-14-19-8)7-17-4-5-18-9(2)12(17)13-15-10(3)16-20-13/h6,9,12H,4-5,7H2,1-3H3/t9-,12+/m1/s1. The third-order valence-electron chi connectivity index (χ3n) is 3.62. The third kappa shape index (κ3) is 2.46. The lowest BCUT2D eigenvalue weighted by Gasteiger charge is -2.37. The van der Waals surface area contributed by atoms with E-state index < -0.39 is 0 Å². The minimum atomic E-state index is -0.0424. The second-order valence-electron chi connectivity index (χ2n) is 5.08. The highest BCUT2D eigenvalue weighted by Gasteiger charge is 2.35. The van der Waals surface area contributed by atoms with Gasteiger partial charge >= 0.3 is 0 Å². The molecule has 108 valence electrons. The summed E-state index contributed by atoms with van der Waals surface area (Å²) in [5.41, 5.74) is 1.07. The van der Waals surface area contributed by atoms with Crippen molar-refractivity contribution in [3.63, 3.8) is 0 Å². The molecule has 2 aromatic rings. The van der Waals surface area contributed by atoms with E-state index in [-0.39, 0.29) is 12.1 Å². The first kappa shape index (κ1) is 13.3. The zero-order valence-electron chi connectivity index (χ0n) is 11.9. The molecule has 1 fully saturated rings. The van der Waals surface area contributed by atoms with Gasteiger partial charge in [0.15, 0.2) is 5.82 Å². The Balaban J connectivity index is 1.85. The van der Waals surface area contributed by atoms with Crippen LogP contribution in [0, 0.1) is 13.8 Å². The van der Waals surface area contributed by atoms with Gasteiger partial charge in [0.1, 0.15) is 11.8 Å². The van der Waals surface area contributed by atoms with Gasteiger partial charge in [-0.25, -0.2) is 0 Å². The van der Waals surface area contributed by atoms with E-state index in [1.807, 2.05) is 20.8 Å². The Morgan fingerprint density at radius 2 is 2.20 bits per heavy atom. The highest BCUT2D eigenvalue weighted by molar-refractivity contribution is 5.12. The monoisotopic (exact) mass is 278 g/mol. The molecule has 1 aliphatic heterocycles. The van der Waals surface area contributed by atoms with Gasteiger partial charge in [-0.1, -0.05) is 10.3 Å². The zero-order chi connectivity index (χ0) is 14.1. The molecule has 7 heteroatoms. The molecule has 0 amide bonds. The van der Waals surface area contributed by atoms with Crippen molar-refractivity contribution < 1.29 is 13.8 Å². The SMILES string of the molecule is Cc1noc([C@@H]2[C@@H](C)OCCN2Cc2cnoc2C)n1. The number of hydrogen-bond acceptors (Lipinski definition) is 7. The number of aromatic nitrogens is 3. The van der Waals surface area contributed by atoms with Gasteiger partial charge in [-0.05, 0) is 20.8 Å². The van der Waals surface area contributed by atoms with Gasteiger partial charge in [-0.15, -0.1) is 0 Å². The molecular weight excluding hydrogens is 260 g/mol.